The first kappa shape index (κ1) is 14.6. The zero-order valence-electron chi connectivity index (χ0n) is 11.3. The summed E-state index contributed by atoms with van der Waals surface area (Å²) in [5.74, 6) is 0.617. The van der Waals surface area contributed by atoms with Gasteiger partial charge in [0.2, 0.25) is 5.88 Å². The zero-order valence-corrected chi connectivity index (χ0v) is 12.1. The molecule has 1 N–H and O–H groups in total. The van der Waals surface area contributed by atoms with Crippen LogP contribution in [-0.2, 0) is 11.3 Å². The highest BCUT2D eigenvalue weighted by molar-refractivity contribution is 6.31. The Kier molecular flexibility index (Phi) is 5.89. The monoisotopic (exact) mass is 284 g/mol. The van der Waals surface area contributed by atoms with Crippen molar-refractivity contribution in [1.82, 2.24) is 10.3 Å². The Morgan fingerprint density at radius 1 is 1.47 bits per heavy atom. The van der Waals surface area contributed by atoms with E-state index in [1.54, 1.807) is 6.07 Å². The summed E-state index contributed by atoms with van der Waals surface area (Å²) < 4.78 is 11.3. The van der Waals surface area contributed by atoms with Gasteiger partial charge in [-0.15, -0.1) is 0 Å². The molecule has 1 aromatic heterocycles. The minimum atomic E-state index is 0.198. The minimum absolute atomic E-state index is 0.198. The van der Waals surface area contributed by atoms with E-state index in [0.717, 1.165) is 31.7 Å². The summed E-state index contributed by atoms with van der Waals surface area (Å²) in [7, 11) is 0. The number of nitrogens with zero attached hydrogens (tertiary/aromatic N) is 1. The van der Waals surface area contributed by atoms with Crippen LogP contribution in [0.1, 0.15) is 31.9 Å². The average Bonchev–Trinajstić information content (AvgIpc) is 2.46. The summed E-state index contributed by atoms with van der Waals surface area (Å²) in [4.78, 5) is 4.42. The molecule has 0 amide bonds. The van der Waals surface area contributed by atoms with Gasteiger partial charge >= 0.3 is 0 Å². The number of halogens is 1. The first-order chi connectivity index (χ1) is 9.29. The molecule has 0 spiro atoms. The maximum atomic E-state index is 6.10. The number of nitrogens with one attached hydrogen (secondary N) is 1. The summed E-state index contributed by atoms with van der Waals surface area (Å²) in [6.07, 6.45) is 3.64. The summed E-state index contributed by atoms with van der Waals surface area (Å²) >= 11 is 6.10. The highest BCUT2D eigenvalue weighted by atomic mass is 35.5. The number of rotatable bonds is 6. The predicted octanol–water partition coefficient (Wildman–Crippen LogP) is 2.79. The van der Waals surface area contributed by atoms with Crippen molar-refractivity contribution in [2.45, 2.75) is 38.8 Å². The fraction of sp³-hybridized carbons (Fsp3) is 0.643. The van der Waals surface area contributed by atoms with Gasteiger partial charge in [0.15, 0.2) is 0 Å². The molecule has 1 aromatic rings. The molecule has 106 valence electrons. The lowest BCUT2D eigenvalue weighted by Crippen LogP contribution is -2.26. The molecular formula is C14H21ClN2O2. The van der Waals surface area contributed by atoms with E-state index in [4.69, 9.17) is 21.1 Å². The molecule has 5 heteroatoms. The highest BCUT2D eigenvalue weighted by Gasteiger charge is 2.15. The van der Waals surface area contributed by atoms with Crippen LogP contribution < -0.4 is 10.1 Å². The van der Waals surface area contributed by atoms with Crippen molar-refractivity contribution in [3.8, 4) is 5.88 Å². The van der Waals surface area contributed by atoms with E-state index < -0.39 is 0 Å². The van der Waals surface area contributed by atoms with Crippen molar-refractivity contribution < 1.29 is 9.47 Å². The molecule has 0 aromatic carbocycles. The molecule has 1 saturated heterocycles. The Labute approximate surface area is 119 Å². The minimum Gasteiger partial charge on any atom is -0.475 e. The lowest BCUT2D eigenvalue weighted by Gasteiger charge is -2.22. The van der Waals surface area contributed by atoms with Gasteiger partial charge in [-0.2, -0.15) is 0 Å². The van der Waals surface area contributed by atoms with Gasteiger partial charge in [-0.25, -0.2) is 4.98 Å². The summed E-state index contributed by atoms with van der Waals surface area (Å²) in [6, 6.07) is 3.64. The Hall–Kier alpha value is -0.840. The van der Waals surface area contributed by atoms with E-state index in [-0.39, 0.29) is 6.10 Å². The Bertz CT molecular complexity index is 395. The van der Waals surface area contributed by atoms with Crippen molar-refractivity contribution in [3.05, 3.63) is 22.8 Å². The average molecular weight is 285 g/mol. The third-order valence-corrected chi connectivity index (χ3v) is 3.47. The zero-order chi connectivity index (χ0) is 13.5. The maximum Gasteiger partial charge on any atom is 0.213 e. The van der Waals surface area contributed by atoms with Gasteiger partial charge in [-0.05, 0) is 31.9 Å². The number of hydrogen-bond acceptors (Lipinski definition) is 4. The van der Waals surface area contributed by atoms with Crippen LogP contribution in [0.25, 0.3) is 0 Å². The first-order valence-corrected chi connectivity index (χ1v) is 7.28. The normalized spacial score (nSPS) is 19.4. The van der Waals surface area contributed by atoms with Crippen LogP contribution in [0.15, 0.2) is 12.1 Å². The predicted molar refractivity (Wildman–Crippen MR) is 75.7 cm³/mol. The number of hydrogen-bond donors (Lipinski definition) is 1. The molecule has 0 saturated carbocycles. The molecule has 0 aliphatic carbocycles. The summed E-state index contributed by atoms with van der Waals surface area (Å²) in [5.41, 5.74) is 0.825. The molecule has 1 aliphatic rings. The highest BCUT2D eigenvalue weighted by Crippen LogP contribution is 2.19. The van der Waals surface area contributed by atoms with Gasteiger partial charge in [0.1, 0.15) is 6.61 Å². The van der Waals surface area contributed by atoms with E-state index in [2.05, 4.69) is 17.2 Å². The molecule has 0 radical (unpaired) electrons. The fourth-order valence-electron chi connectivity index (χ4n) is 2.03. The van der Waals surface area contributed by atoms with Gasteiger partial charge < -0.3 is 14.8 Å². The maximum absolute atomic E-state index is 6.10. The molecule has 1 atom stereocenters. The Balaban J connectivity index is 1.88. The van der Waals surface area contributed by atoms with Gasteiger partial charge in [0.05, 0.1) is 16.8 Å². The Morgan fingerprint density at radius 3 is 3.11 bits per heavy atom. The second-order valence-electron chi connectivity index (χ2n) is 4.66. The van der Waals surface area contributed by atoms with Gasteiger partial charge in [-0.1, -0.05) is 18.5 Å². The molecule has 4 nitrogen and oxygen atoms in total. The number of aromatic nitrogens is 1. The topological polar surface area (TPSA) is 43.4 Å². The SMILES string of the molecule is CCNCc1nc(OCC2CCCCO2)ccc1Cl. The van der Waals surface area contributed by atoms with E-state index in [1.807, 2.05) is 6.07 Å². The van der Waals surface area contributed by atoms with E-state index in [9.17, 15) is 0 Å². The van der Waals surface area contributed by atoms with Gasteiger partial charge in [0, 0.05) is 19.2 Å². The molecule has 1 fully saturated rings. The van der Waals surface area contributed by atoms with E-state index >= 15 is 0 Å². The third kappa shape index (κ3) is 4.64. The van der Waals surface area contributed by atoms with Crippen molar-refractivity contribution in [3.63, 3.8) is 0 Å². The number of pyridine rings is 1. The van der Waals surface area contributed by atoms with Gasteiger partial charge in [0.25, 0.3) is 0 Å². The molecule has 2 rings (SSSR count). The van der Waals surface area contributed by atoms with Crippen LogP contribution in [0, 0.1) is 0 Å². The van der Waals surface area contributed by atoms with Crippen molar-refractivity contribution in [1.29, 1.82) is 0 Å². The lowest BCUT2D eigenvalue weighted by atomic mass is 10.1. The number of ether oxygens (including phenoxy) is 2. The molecular weight excluding hydrogens is 264 g/mol. The van der Waals surface area contributed by atoms with Crippen molar-refractivity contribution in [2.75, 3.05) is 19.8 Å². The van der Waals surface area contributed by atoms with E-state index in [1.165, 1.54) is 6.42 Å². The van der Waals surface area contributed by atoms with Crippen molar-refractivity contribution in [2.24, 2.45) is 0 Å². The third-order valence-electron chi connectivity index (χ3n) is 3.13. The van der Waals surface area contributed by atoms with Crippen LogP contribution in [0.3, 0.4) is 0 Å². The smallest absolute Gasteiger partial charge is 0.213 e. The van der Waals surface area contributed by atoms with Crippen LogP contribution in [0.2, 0.25) is 5.02 Å². The molecule has 0 bridgehead atoms. The van der Waals surface area contributed by atoms with Gasteiger partial charge in [-0.3, -0.25) is 0 Å². The second-order valence-corrected chi connectivity index (χ2v) is 5.07. The molecule has 1 aliphatic heterocycles. The van der Waals surface area contributed by atoms with Crippen LogP contribution >= 0.6 is 11.6 Å². The largest absolute Gasteiger partial charge is 0.475 e. The molecule has 1 unspecified atom stereocenters. The standard InChI is InChI=1S/C14H21ClN2O2/c1-2-16-9-13-12(15)6-7-14(17-13)19-10-11-5-3-4-8-18-11/h6-7,11,16H,2-5,8-10H2,1H3. The van der Waals surface area contributed by atoms with E-state index in [0.29, 0.717) is 24.1 Å². The quantitative estimate of drug-likeness (QED) is 0.872. The Morgan fingerprint density at radius 2 is 2.37 bits per heavy atom. The first-order valence-electron chi connectivity index (χ1n) is 6.90. The second kappa shape index (κ2) is 7.68. The van der Waals surface area contributed by atoms with Crippen LogP contribution in [-0.4, -0.2) is 30.8 Å². The van der Waals surface area contributed by atoms with Crippen LogP contribution in [0.5, 0.6) is 5.88 Å². The fourth-order valence-corrected chi connectivity index (χ4v) is 2.20. The van der Waals surface area contributed by atoms with Crippen LogP contribution in [0.4, 0.5) is 0 Å². The van der Waals surface area contributed by atoms with Crippen molar-refractivity contribution >= 4 is 11.6 Å². The summed E-state index contributed by atoms with van der Waals surface area (Å²) in [5, 5.41) is 3.88. The molecule has 2 heterocycles. The summed E-state index contributed by atoms with van der Waals surface area (Å²) in [6.45, 7) is 5.00. The lowest BCUT2D eigenvalue weighted by molar-refractivity contribution is -0.0119. The molecule has 19 heavy (non-hydrogen) atoms.